The minimum Gasteiger partial charge on any atom is -0.493 e. The van der Waals surface area contributed by atoms with Gasteiger partial charge in [-0.3, -0.25) is 14.4 Å². The molecule has 0 spiro atoms. The molecule has 0 bridgehead atoms. The average Bonchev–Trinajstić information content (AvgIpc) is 3.23. The van der Waals surface area contributed by atoms with Gasteiger partial charge in [-0.15, -0.1) is 0 Å². The number of nitrogens with zero attached hydrogens (tertiary/aromatic N) is 3. The predicted octanol–water partition coefficient (Wildman–Crippen LogP) is 4.17. The Labute approximate surface area is 225 Å². The van der Waals surface area contributed by atoms with Gasteiger partial charge in [-0.2, -0.15) is 5.26 Å². The maximum Gasteiger partial charge on any atom is 0.257 e. The van der Waals surface area contributed by atoms with E-state index in [-0.39, 0.29) is 25.3 Å². The summed E-state index contributed by atoms with van der Waals surface area (Å²) in [5, 5.41) is 9.62. The van der Waals surface area contributed by atoms with E-state index in [1.165, 1.54) is 4.90 Å². The van der Waals surface area contributed by atoms with E-state index < -0.39 is 17.9 Å². The summed E-state index contributed by atoms with van der Waals surface area (Å²) in [4.78, 5) is 42.6. The number of hydrogen-bond acceptors (Lipinski definition) is 6. The van der Waals surface area contributed by atoms with Crippen LogP contribution in [0.25, 0.3) is 0 Å². The molecule has 0 aliphatic carbocycles. The van der Waals surface area contributed by atoms with E-state index in [0.717, 1.165) is 16.0 Å². The summed E-state index contributed by atoms with van der Waals surface area (Å²) in [6, 6.07) is 19.7. The van der Waals surface area contributed by atoms with Crippen LogP contribution in [0, 0.1) is 11.3 Å². The van der Waals surface area contributed by atoms with E-state index in [1.54, 1.807) is 68.8 Å². The lowest BCUT2D eigenvalue weighted by atomic mass is 10.1. The van der Waals surface area contributed by atoms with Crippen molar-refractivity contribution in [3.8, 4) is 17.6 Å². The van der Waals surface area contributed by atoms with Crippen LogP contribution in [0.15, 0.2) is 66.7 Å². The molecule has 8 nitrogen and oxygen atoms in total. The quantitative estimate of drug-likeness (QED) is 0.384. The number of hydrogen-bond donors (Lipinski definition) is 0. The maximum absolute atomic E-state index is 13.5. The highest BCUT2D eigenvalue weighted by Crippen LogP contribution is 2.29. The molecule has 1 unspecified atom stereocenters. The van der Waals surface area contributed by atoms with Gasteiger partial charge in [0.15, 0.2) is 11.5 Å². The topological polar surface area (TPSA) is 99.9 Å². The third-order valence-corrected chi connectivity index (χ3v) is 6.68. The SMILES string of the molecule is COc1ccc(CCN(C(=O)Cc2ccc(Cl)cc2)C2CC(=O)N(c3ccc(C#N)cc3)C2=O)cc1OC. The first-order valence-electron chi connectivity index (χ1n) is 12.0. The zero-order valence-electron chi connectivity index (χ0n) is 21.0. The minimum atomic E-state index is -0.946. The van der Waals surface area contributed by atoms with Gasteiger partial charge in [0, 0.05) is 11.6 Å². The first-order valence-corrected chi connectivity index (χ1v) is 12.3. The molecule has 1 fully saturated rings. The molecule has 9 heteroatoms. The van der Waals surface area contributed by atoms with Crippen LogP contribution in [0.1, 0.15) is 23.1 Å². The Morgan fingerprint density at radius 2 is 1.66 bits per heavy atom. The molecule has 1 aliphatic rings. The molecule has 0 radical (unpaired) electrons. The van der Waals surface area contributed by atoms with Gasteiger partial charge in [-0.05, 0) is 66.1 Å². The van der Waals surface area contributed by atoms with Crippen molar-refractivity contribution in [1.29, 1.82) is 5.26 Å². The highest BCUT2D eigenvalue weighted by atomic mass is 35.5. The second-order valence-electron chi connectivity index (χ2n) is 8.78. The van der Waals surface area contributed by atoms with Crippen LogP contribution in [0.3, 0.4) is 0 Å². The molecular formula is C29H26ClN3O5. The van der Waals surface area contributed by atoms with Crippen LogP contribution in [-0.4, -0.2) is 49.4 Å². The van der Waals surface area contributed by atoms with Gasteiger partial charge >= 0.3 is 0 Å². The third kappa shape index (κ3) is 5.79. The lowest BCUT2D eigenvalue weighted by Crippen LogP contribution is -2.47. The Balaban J connectivity index is 1.60. The smallest absolute Gasteiger partial charge is 0.257 e. The summed E-state index contributed by atoms with van der Waals surface area (Å²) in [6.07, 6.45) is 0.358. The van der Waals surface area contributed by atoms with Gasteiger partial charge < -0.3 is 14.4 Å². The predicted molar refractivity (Wildman–Crippen MR) is 142 cm³/mol. The fourth-order valence-corrected chi connectivity index (χ4v) is 4.56. The first kappa shape index (κ1) is 26.7. The average molecular weight is 532 g/mol. The summed E-state index contributed by atoms with van der Waals surface area (Å²) in [5.41, 5.74) is 2.41. The second-order valence-corrected chi connectivity index (χ2v) is 9.21. The molecule has 0 saturated carbocycles. The van der Waals surface area contributed by atoms with Crippen molar-refractivity contribution in [2.24, 2.45) is 0 Å². The summed E-state index contributed by atoms with van der Waals surface area (Å²) >= 11 is 5.99. The molecule has 0 N–H and O–H groups in total. The van der Waals surface area contributed by atoms with Gasteiger partial charge in [-0.1, -0.05) is 29.8 Å². The molecule has 1 saturated heterocycles. The largest absolute Gasteiger partial charge is 0.493 e. The van der Waals surface area contributed by atoms with Gasteiger partial charge in [-0.25, -0.2) is 4.90 Å². The number of rotatable bonds is 9. The van der Waals surface area contributed by atoms with Gasteiger partial charge in [0.05, 0.1) is 44.4 Å². The number of carbonyl (C=O) groups is 3. The van der Waals surface area contributed by atoms with Crippen molar-refractivity contribution in [2.45, 2.75) is 25.3 Å². The Morgan fingerprint density at radius 1 is 1.00 bits per heavy atom. The molecule has 4 rings (SSSR count). The minimum absolute atomic E-state index is 0.0535. The normalized spacial score (nSPS) is 14.8. The molecule has 1 heterocycles. The number of ether oxygens (including phenoxy) is 2. The fraction of sp³-hybridized carbons (Fsp3) is 0.241. The summed E-state index contributed by atoms with van der Waals surface area (Å²) in [7, 11) is 3.10. The molecule has 194 valence electrons. The van der Waals surface area contributed by atoms with Crippen molar-refractivity contribution < 1.29 is 23.9 Å². The highest BCUT2D eigenvalue weighted by molar-refractivity contribution is 6.30. The maximum atomic E-state index is 13.5. The van der Waals surface area contributed by atoms with Gasteiger partial charge in [0.1, 0.15) is 6.04 Å². The standard InChI is InChI=1S/C29H26ClN3O5/c1-37-25-12-7-20(15-26(25)38-2)13-14-32(27(34)16-19-3-8-22(30)9-4-19)24-17-28(35)33(29(24)36)23-10-5-21(18-31)6-11-23/h3-12,15,24H,13-14,16-17H2,1-2H3. The van der Waals surface area contributed by atoms with Crippen LogP contribution in [0.2, 0.25) is 5.02 Å². The molecule has 1 atom stereocenters. The molecular weight excluding hydrogens is 506 g/mol. The zero-order valence-corrected chi connectivity index (χ0v) is 21.8. The van der Waals surface area contributed by atoms with Crippen molar-refractivity contribution >= 4 is 35.0 Å². The van der Waals surface area contributed by atoms with Crippen LogP contribution < -0.4 is 14.4 Å². The number of carbonyl (C=O) groups excluding carboxylic acids is 3. The van der Waals surface area contributed by atoms with Crippen LogP contribution in [0.5, 0.6) is 11.5 Å². The Kier molecular flexibility index (Phi) is 8.29. The number of benzene rings is 3. The van der Waals surface area contributed by atoms with Crippen molar-refractivity contribution in [3.05, 3.63) is 88.4 Å². The van der Waals surface area contributed by atoms with Crippen LogP contribution in [-0.2, 0) is 27.2 Å². The molecule has 1 aliphatic heterocycles. The molecule has 0 aromatic heterocycles. The zero-order chi connectivity index (χ0) is 27.2. The monoisotopic (exact) mass is 531 g/mol. The molecule has 3 aromatic rings. The first-order chi connectivity index (χ1) is 18.3. The van der Waals surface area contributed by atoms with Gasteiger partial charge in [0.25, 0.3) is 5.91 Å². The third-order valence-electron chi connectivity index (χ3n) is 6.43. The Morgan fingerprint density at radius 3 is 2.29 bits per heavy atom. The summed E-state index contributed by atoms with van der Waals surface area (Å²) < 4.78 is 10.7. The van der Waals surface area contributed by atoms with E-state index in [0.29, 0.717) is 34.2 Å². The van der Waals surface area contributed by atoms with E-state index in [1.807, 2.05) is 18.2 Å². The van der Waals surface area contributed by atoms with Crippen LogP contribution >= 0.6 is 11.6 Å². The van der Waals surface area contributed by atoms with E-state index in [9.17, 15) is 14.4 Å². The number of anilines is 1. The van der Waals surface area contributed by atoms with E-state index >= 15 is 0 Å². The number of halogens is 1. The number of nitriles is 1. The van der Waals surface area contributed by atoms with Crippen molar-refractivity contribution in [1.82, 2.24) is 4.90 Å². The van der Waals surface area contributed by atoms with Crippen LogP contribution in [0.4, 0.5) is 5.69 Å². The lowest BCUT2D eigenvalue weighted by Gasteiger charge is -2.28. The Hall–Kier alpha value is -4.35. The number of methoxy groups -OCH3 is 2. The Bertz CT molecular complexity index is 1380. The molecule has 3 aromatic carbocycles. The van der Waals surface area contributed by atoms with Crippen molar-refractivity contribution in [3.63, 3.8) is 0 Å². The number of imide groups is 1. The van der Waals surface area contributed by atoms with E-state index in [2.05, 4.69) is 0 Å². The van der Waals surface area contributed by atoms with Crippen molar-refractivity contribution in [2.75, 3.05) is 25.7 Å². The molecule has 3 amide bonds. The summed E-state index contributed by atoms with van der Waals surface area (Å²) in [5.74, 6) is -0.0121. The lowest BCUT2D eigenvalue weighted by molar-refractivity contribution is -0.137. The van der Waals surface area contributed by atoms with E-state index in [4.69, 9.17) is 26.3 Å². The second kappa shape index (κ2) is 11.8. The molecule has 38 heavy (non-hydrogen) atoms. The number of amides is 3. The highest BCUT2D eigenvalue weighted by Gasteiger charge is 2.44. The summed E-state index contributed by atoms with van der Waals surface area (Å²) in [6.45, 7) is 0.215. The van der Waals surface area contributed by atoms with Gasteiger partial charge in [0.2, 0.25) is 11.8 Å². The fourth-order valence-electron chi connectivity index (χ4n) is 4.43.